The van der Waals surface area contributed by atoms with Crippen LogP contribution < -0.4 is 15.5 Å². The minimum atomic E-state index is 0.588. The molecule has 0 atom stereocenters. The van der Waals surface area contributed by atoms with E-state index in [0.717, 1.165) is 42.6 Å². The standard InChI is InChI=1S/C22H24ClN5/c23-18-5-3-17(4-6-18)11-13-24-21-12-14-25-22(27-21)26-19-7-9-20(10-8-19)28-15-1-2-16-28/h3-10,12,14H,1-2,11,13,15-16H2,(H2,24,25,26,27). The lowest BCUT2D eigenvalue weighted by molar-refractivity contribution is 0.949. The molecule has 2 N–H and O–H groups in total. The Morgan fingerprint density at radius 3 is 2.43 bits per heavy atom. The molecule has 1 aromatic heterocycles. The molecule has 1 saturated heterocycles. The molecule has 0 amide bonds. The Labute approximate surface area is 170 Å². The first kappa shape index (κ1) is 18.6. The number of benzene rings is 2. The Morgan fingerprint density at radius 1 is 0.929 bits per heavy atom. The maximum Gasteiger partial charge on any atom is 0.229 e. The molecule has 0 bridgehead atoms. The predicted molar refractivity (Wildman–Crippen MR) is 117 cm³/mol. The Balaban J connectivity index is 1.32. The molecule has 4 rings (SSSR count). The van der Waals surface area contributed by atoms with Crippen molar-refractivity contribution >= 4 is 34.7 Å². The summed E-state index contributed by atoms with van der Waals surface area (Å²) in [6.07, 6.45) is 5.23. The Morgan fingerprint density at radius 2 is 1.68 bits per heavy atom. The van der Waals surface area contributed by atoms with Crippen LogP contribution in [0.25, 0.3) is 0 Å². The SMILES string of the molecule is Clc1ccc(CCNc2ccnc(Nc3ccc(N4CCCC4)cc3)n2)cc1. The molecule has 5 nitrogen and oxygen atoms in total. The van der Waals surface area contributed by atoms with Gasteiger partial charge in [0.1, 0.15) is 5.82 Å². The van der Waals surface area contributed by atoms with Crippen LogP contribution in [0, 0.1) is 0 Å². The average Bonchev–Trinajstić information content (AvgIpc) is 3.25. The van der Waals surface area contributed by atoms with E-state index >= 15 is 0 Å². The zero-order valence-corrected chi connectivity index (χ0v) is 16.5. The van der Waals surface area contributed by atoms with Gasteiger partial charge in [-0.3, -0.25) is 0 Å². The fourth-order valence-corrected chi connectivity index (χ4v) is 3.49. The number of hydrogen-bond donors (Lipinski definition) is 2. The van der Waals surface area contributed by atoms with E-state index in [1.54, 1.807) is 6.20 Å². The van der Waals surface area contributed by atoms with Gasteiger partial charge in [-0.1, -0.05) is 23.7 Å². The first-order valence-corrected chi connectivity index (χ1v) is 10.1. The van der Waals surface area contributed by atoms with Crippen molar-refractivity contribution in [2.24, 2.45) is 0 Å². The van der Waals surface area contributed by atoms with E-state index in [2.05, 4.69) is 49.8 Å². The van der Waals surface area contributed by atoms with E-state index in [1.165, 1.54) is 24.1 Å². The van der Waals surface area contributed by atoms with Crippen molar-refractivity contribution in [3.05, 3.63) is 71.4 Å². The van der Waals surface area contributed by atoms with Crippen LogP contribution in [0.4, 0.5) is 23.1 Å². The Bertz CT molecular complexity index is 890. The van der Waals surface area contributed by atoms with Crippen molar-refractivity contribution < 1.29 is 0 Å². The van der Waals surface area contributed by atoms with Gasteiger partial charge in [-0.05, 0) is 67.3 Å². The van der Waals surface area contributed by atoms with Gasteiger partial charge in [0.15, 0.2) is 0 Å². The fourth-order valence-electron chi connectivity index (χ4n) is 3.36. The van der Waals surface area contributed by atoms with Crippen LogP contribution in [-0.4, -0.2) is 29.6 Å². The van der Waals surface area contributed by atoms with Crippen molar-refractivity contribution in [1.82, 2.24) is 9.97 Å². The molecule has 2 aromatic carbocycles. The molecule has 1 aliphatic rings. The number of hydrogen-bond acceptors (Lipinski definition) is 5. The Hall–Kier alpha value is -2.79. The molecule has 3 aromatic rings. The van der Waals surface area contributed by atoms with Crippen LogP contribution in [-0.2, 0) is 6.42 Å². The lowest BCUT2D eigenvalue weighted by Gasteiger charge is -2.17. The molecule has 0 unspecified atom stereocenters. The smallest absolute Gasteiger partial charge is 0.229 e. The van der Waals surface area contributed by atoms with Crippen LogP contribution in [0.2, 0.25) is 5.02 Å². The highest BCUT2D eigenvalue weighted by Gasteiger charge is 2.11. The van der Waals surface area contributed by atoms with Crippen LogP contribution >= 0.6 is 11.6 Å². The number of anilines is 4. The maximum absolute atomic E-state index is 5.93. The zero-order valence-electron chi connectivity index (χ0n) is 15.7. The van der Waals surface area contributed by atoms with E-state index in [4.69, 9.17) is 11.6 Å². The van der Waals surface area contributed by atoms with Gasteiger partial charge < -0.3 is 15.5 Å². The van der Waals surface area contributed by atoms with Gasteiger partial charge in [-0.25, -0.2) is 4.98 Å². The van der Waals surface area contributed by atoms with Gasteiger partial charge in [-0.2, -0.15) is 4.98 Å². The topological polar surface area (TPSA) is 53.1 Å². The van der Waals surface area contributed by atoms with Gasteiger partial charge >= 0.3 is 0 Å². The van der Waals surface area contributed by atoms with Gasteiger partial charge in [-0.15, -0.1) is 0 Å². The molecule has 0 radical (unpaired) electrons. The first-order chi connectivity index (χ1) is 13.8. The molecule has 144 valence electrons. The second kappa shape index (κ2) is 8.93. The molecule has 0 spiro atoms. The lowest BCUT2D eigenvalue weighted by atomic mass is 10.1. The minimum absolute atomic E-state index is 0.588. The molecule has 0 saturated carbocycles. The summed E-state index contributed by atoms with van der Waals surface area (Å²) in [6.45, 7) is 3.10. The van der Waals surface area contributed by atoms with E-state index in [9.17, 15) is 0 Å². The van der Waals surface area contributed by atoms with Crippen LogP contribution in [0.1, 0.15) is 18.4 Å². The third-order valence-electron chi connectivity index (χ3n) is 4.88. The van der Waals surface area contributed by atoms with Crippen LogP contribution in [0.5, 0.6) is 0 Å². The Kier molecular flexibility index (Phi) is 5.92. The van der Waals surface area contributed by atoms with Crippen molar-refractivity contribution in [3.63, 3.8) is 0 Å². The van der Waals surface area contributed by atoms with E-state index in [0.29, 0.717) is 5.95 Å². The molecule has 1 fully saturated rings. The fraction of sp³-hybridized carbons (Fsp3) is 0.273. The number of rotatable bonds is 7. The highest BCUT2D eigenvalue weighted by molar-refractivity contribution is 6.30. The van der Waals surface area contributed by atoms with Crippen molar-refractivity contribution in [2.75, 3.05) is 35.2 Å². The third kappa shape index (κ3) is 4.93. The van der Waals surface area contributed by atoms with Crippen LogP contribution in [0.15, 0.2) is 60.8 Å². The number of nitrogens with one attached hydrogen (secondary N) is 2. The number of aromatic nitrogens is 2. The summed E-state index contributed by atoms with van der Waals surface area (Å²) < 4.78 is 0. The molecule has 28 heavy (non-hydrogen) atoms. The minimum Gasteiger partial charge on any atom is -0.372 e. The second-order valence-electron chi connectivity index (χ2n) is 6.93. The van der Waals surface area contributed by atoms with Crippen molar-refractivity contribution in [3.8, 4) is 0 Å². The zero-order chi connectivity index (χ0) is 19.2. The predicted octanol–water partition coefficient (Wildman–Crippen LogP) is 5.13. The number of halogens is 1. The summed E-state index contributed by atoms with van der Waals surface area (Å²) in [5.74, 6) is 1.39. The number of nitrogens with zero attached hydrogens (tertiary/aromatic N) is 3. The highest BCUT2D eigenvalue weighted by Crippen LogP contribution is 2.23. The lowest BCUT2D eigenvalue weighted by Crippen LogP contribution is -2.17. The van der Waals surface area contributed by atoms with Gasteiger partial charge in [0.05, 0.1) is 0 Å². The molecule has 1 aliphatic heterocycles. The second-order valence-corrected chi connectivity index (χ2v) is 7.37. The molecule has 0 aliphatic carbocycles. The molecular formula is C22H24ClN5. The molecule has 2 heterocycles. The monoisotopic (exact) mass is 393 g/mol. The summed E-state index contributed by atoms with van der Waals surface area (Å²) in [5, 5.41) is 7.39. The quantitative estimate of drug-likeness (QED) is 0.582. The van der Waals surface area contributed by atoms with Gasteiger partial charge in [0, 0.05) is 42.2 Å². The van der Waals surface area contributed by atoms with Gasteiger partial charge in [0.25, 0.3) is 0 Å². The average molecular weight is 394 g/mol. The summed E-state index contributed by atoms with van der Waals surface area (Å²) in [6, 6.07) is 18.3. The molecule has 6 heteroatoms. The maximum atomic E-state index is 5.93. The van der Waals surface area contributed by atoms with Gasteiger partial charge in [0.2, 0.25) is 5.95 Å². The van der Waals surface area contributed by atoms with Crippen molar-refractivity contribution in [1.29, 1.82) is 0 Å². The highest BCUT2D eigenvalue weighted by atomic mass is 35.5. The normalized spacial score (nSPS) is 13.5. The summed E-state index contributed by atoms with van der Waals surface area (Å²) >= 11 is 5.93. The van der Waals surface area contributed by atoms with Crippen molar-refractivity contribution in [2.45, 2.75) is 19.3 Å². The summed E-state index contributed by atoms with van der Waals surface area (Å²) in [7, 11) is 0. The third-order valence-corrected chi connectivity index (χ3v) is 5.14. The van der Waals surface area contributed by atoms with E-state index in [-0.39, 0.29) is 0 Å². The van der Waals surface area contributed by atoms with E-state index in [1.807, 2.05) is 30.3 Å². The largest absolute Gasteiger partial charge is 0.372 e. The summed E-state index contributed by atoms with van der Waals surface area (Å²) in [4.78, 5) is 11.3. The van der Waals surface area contributed by atoms with Crippen LogP contribution in [0.3, 0.4) is 0 Å². The summed E-state index contributed by atoms with van der Waals surface area (Å²) in [5.41, 5.74) is 3.50. The first-order valence-electron chi connectivity index (χ1n) is 9.70. The molecular weight excluding hydrogens is 370 g/mol. The van der Waals surface area contributed by atoms with E-state index < -0.39 is 0 Å².